The predicted molar refractivity (Wildman–Crippen MR) is 87.5 cm³/mol. The summed E-state index contributed by atoms with van der Waals surface area (Å²) in [6, 6.07) is 1.00. The first-order chi connectivity index (χ1) is 9.93. The van der Waals surface area contributed by atoms with Crippen molar-refractivity contribution in [1.29, 1.82) is 0 Å². The molecule has 0 spiro atoms. The second kappa shape index (κ2) is 8.87. The van der Waals surface area contributed by atoms with Crippen LogP contribution in [-0.2, 0) is 4.79 Å². The van der Waals surface area contributed by atoms with Crippen LogP contribution in [0.25, 0.3) is 0 Å². The van der Waals surface area contributed by atoms with Crippen LogP contribution in [0.1, 0.15) is 34.6 Å². The first-order valence-corrected chi connectivity index (χ1v) is 7.97. The van der Waals surface area contributed by atoms with E-state index in [0.717, 1.165) is 25.6 Å². The first kappa shape index (κ1) is 17.8. The minimum absolute atomic E-state index is 0.0137. The van der Waals surface area contributed by atoms with Gasteiger partial charge in [0.1, 0.15) is 0 Å². The van der Waals surface area contributed by atoms with Gasteiger partial charge in [-0.1, -0.05) is 6.92 Å². The summed E-state index contributed by atoms with van der Waals surface area (Å²) in [6.45, 7) is 14.5. The highest BCUT2D eigenvalue weighted by Gasteiger charge is 2.31. The maximum Gasteiger partial charge on any atom is 0.216 e. The van der Waals surface area contributed by atoms with Gasteiger partial charge in [-0.15, -0.1) is 0 Å². The predicted octanol–water partition coefficient (Wildman–Crippen LogP) is 0.406. The molecule has 1 rings (SSSR count). The number of carbonyl (C=O) groups excluding carboxylic acids is 1. The number of nitrogens with zero attached hydrogens (tertiary/aromatic N) is 2. The van der Waals surface area contributed by atoms with Crippen LogP contribution in [0.4, 0.5) is 0 Å². The Balaban J connectivity index is 2.49. The number of hydrogen-bond donors (Lipinski definition) is 3. The van der Waals surface area contributed by atoms with Crippen molar-refractivity contribution >= 4 is 11.9 Å². The van der Waals surface area contributed by atoms with Gasteiger partial charge in [0.2, 0.25) is 5.91 Å². The van der Waals surface area contributed by atoms with Gasteiger partial charge in [-0.25, -0.2) is 0 Å². The van der Waals surface area contributed by atoms with Crippen LogP contribution >= 0.6 is 0 Å². The van der Waals surface area contributed by atoms with Crippen molar-refractivity contribution in [2.45, 2.75) is 46.7 Å². The lowest BCUT2D eigenvalue weighted by Crippen LogP contribution is -2.47. The molecule has 122 valence electrons. The molecule has 0 aromatic carbocycles. The monoisotopic (exact) mass is 297 g/mol. The molecule has 21 heavy (non-hydrogen) atoms. The third-order valence-electron chi connectivity index (χ3n) is 3.79. The highest BCUT2D eigenvalue weighted by atomic mass is 16.1. The van der Waals surface area contributed by atoms with Crippen LogP contribution in [0.2, 0.25) is 0 Å². The van der Waals surface area contributed by atoms with E-state index in [2.05, 4.69) is 53.5 Å². The fourth-order valence-corrected chi connectivity index (χ4v) is 2.51. The molecular weight excluding hydrogens is 266 g/mol. The number of nitrogens with one attached hydrogen (secondary N) is 3. The van der Waals surface area contributed by atoms with Gasteiger partial charge in [0.05, 0.1) is 6.54 Å². The van der Waals surface area contributed by atoms with Gasteiger partial charge in [-0.05, 0) is 26.7 Å². The molecule has 1 aliphatic rings. The van der Waals surface area contributed by atoms with Crippen LogP contribution in [0.5, 0.6) is 0 Å². The normalized spacial score (nSPS) is 23.4. The van der Waals surface area contributed by atoms with Gasteiger partial charge in [-0.3, -0.25) is 14.7 Å². The Morgan fingerprint density at radius 3 is 2.57 bits per heavy atom. The fourth-order valence-electron chi connectivity index (χ4n) is 2.51. The molecule has 6 heteroatoms. The van der Waals surface area contributed by atoms with Crippen molar-refractivity contribution in [2.24, 2.45) is 10.9 Å². The standard InChI is InChI=1S/C15H31N5O/c1-6-16-15(18-8-7-17-13(5)21)19-14-10-20(11(2)3)9-12(14)4/h11-12,14H,6-10H2,1-5H3,(H,17,21)(H2,16,18,19). The average Bonchev–Trinajstić information content (AvgIpc) is 2.76. The summed E-state index contributed by atoms with van der Waals surface area (Å²) in [5.41, 5.74) is 0. The Morgan fingerprint density at radius 2 is 2.05 bits per heavy atom. The summed E-state index contributed by atoms with van der Waals surface area (Å²) in [7, 11) is 0. The molecule has 1 amide bonds. The van der Waals surface area contributed by atoms with Gasteiger partial charge in [0, 0.05) is 45.2 Å². The number of guanidine groups is 1. The lowest BCUT2D eigenvalue weighted by Gasteiger charge is -2.21. The van der Waals surface area contributed by atoms with Crippen molar-refractivity contribution in [1.82, 2.24) is 20.9 Å². The third-order valence-corrected chi connectivity index (χ3v) is 3.79. The lowest BCUT2D eigenvalue weighted by atomic mass is 10.1. The fraction of sp³-hybridized carbons (Fsp3) is 0.867. The second-order valence-electron chi connectivity index (χ2n) is 6.02. The Morgan fingerprint density at radius 1 is 1.33 bits per heavy atom. The largest absolute Gasteiger partial charge is 0.357 e. The van der Waals surface area contributed by atoms with Gasteiger partial charge in [0.15, 0.2) is 5.96 Å². The highest BCUT2D eigenvalue weighted by molar-refractivity contribution is 5.80. The van der Waals surface area contributed by atoms with E-state index < -0.39 is 0 Å². The first-order valence-electron chi connectivity index (χ1n) is 7.97. The van der Waals surface area contributed by atoms with Gasteiger partial charge in [0.25, 0.3) is 0 Å². The minimum atomic E-state index is -0.0137. The smallest absolute Gasteiger partial charge is 0.216 e. The molecule has 2 unspecified atom stereocenters. The number of amides is 1. The Hall–Kier alpha value is -1.30. The molecule has 1 heterocycles. The average molecular weight is 297 g/mol. The number of likely N-dealkylation sites (tertiary alicyclic amines) is 1. The van der Waals surface area contributed by atoms with E-state index >= 15 is 0 Å². The van der Waals surface area contributed by atoms with Gasteiger partial charge >= 0.3 is 0 Å². The number of aliphatic imine (C=N–C) groups is 1. The molecule has 6 nitrogen and oxygen atoms in total. The van der Waals surface area contributed by atoms with E-state index in [1.54, 1.807) is 0 Å². The summed E-state index contributed by atoms with van der Waals surface area (Å²) in [5, 5.41) is 9.55. The van der Waals surface area contributed by atoms with E-state index in [1.807, 2.05) is 0 Å². The Labute approximate surface area is 128 Å². The van der Waals surface area contributed by atoms with E-state index in [9.17, 15) is 4.79 Å². The Bertz CT molecular complexity index is 356. The maximum atomic E-state index is 10.8. The van der Waals surface area contributed by atoms with E-state index in [1.165, 1.54) is 6.92 Å². The molecule has 3 N–H and O–H groups in total. The maximum absolute atomic E-state index is 10.8. The molecule has 0 aromatic heterocycles. The van der Waals surface area contributed by atoms with Gasteiger partial charge < -0.3 is 16.0 Å². The molecular formula is C15H31N5O. The number of rotatable bonds is 6. The van der Waals surface area contributed by atoms with Crippen molar-refractivity contribution in [3.05, 3.63) is 0 Å². The van der Waals surface area contributed by atoms with Crippen molar-refractivity contribution < 1.29 is 4.79 Å². The minimum Gasteiger partial charge on any atom is -0.357 e. The van der Waals surface area contributed by atoms with Crippen LogP contribution in [0, 0.1) is 5.92 Å². The zero-order chi connectivity index (χ0) is 15.8. The third kappa shape index (κ3) is 6.33. The number of carbonyl (C=O) groups is 1. The zero-order valence-corrected chi connectivity index (χ0v) is 14.1. The molecule has 1 fully saturated rings. The Kier molecular flexibility index (Phi) is 7.50. The topological polar surface area (TPSA) is 68.8 Å². The van der Waals surface area contributed by atoms with Gasteiger partial charge in [-0.2, -0.15) is 0 Å². The summed E-state index contributed by atoms with van der Waals surface area (Å²) < 4.78 is 0. The molecule has 1 saturated heterocycles. The van der Waals surface area contributed by atoms with E-state index in [0.29, 0.717) is 31.1 Å². The van der Waals surface area contributed by atoms with E-state index in [-0.39, 0.29) is 5.91 Å². The zero-order valence-electron chi connectivity index (χ0n) is 14.1. The molecule has 0 radical (unpaired) electrons. The van der Waals surface area contributed by atoms with Crippen LogP contribution in [0.3, 0.4) is 0 Å². The van der Waals surface area contributed by atoms with Crippen molar-refractivity contribution in [2.75, 3.05) is 32.7 Å². The number of hydrogen-bond acceptors (Lipinski definition) is 3. The second-order valence-corrected chi connectivity index (χ2v) is 6.02. The molecule has 0 bridgehead atoms. The quantitative estimate of drug-likeness (QED) is 0.377. The summed E-state index contributed by atoms with van der Waals surface area (Å²) in [6.07, 6.45) is 0. The van der Waals surface area contributed by atoms with E-state index in [4.69, 9.17) is 0 Å². The molecule has 0 aromatic rings. The molecule has 1 aliphatic heterocycles. The highest BCUT2D eigenvalue weighted by Crippen LogP contribution is 2.18. The molecule has 2 atom stereocenters. The molecule has 0 aliphatic carbocycles. The molecule has 0 saturated carbocycles. The summed E-state index contributed by atoms with van der Waals surface area (Å²) in [4.78, 5) is 17.8. The van der Waals surface area contributed by atoms with Crippen LogP contribution in [0.15, 0.2) is 4.99 Å². The van der Waals surface area contributed by atoms with Crippen molar-refractivity contribution in [3.63, 3.8) is 0 Å². The van der Waals surface area contributed by atoms with Crippen LogP contribution < -0.4 is 16.0 Å². The van der Waals surface area contributed by atoms with Crippen LogP contribution in [-0.4, -0.2) is 61.6 Å². The lowest BCUT2D eigenvalue weighted by molar-refractivity contribution is -0.118. The van der Waals surface area contributed by atoms with Crippen molar-refractivity contribution in [3.8, 4) is 0 Å². The summed E-state index contributed by atoms with van der Waals surface area (Å²) >= 11 is 0. The summed E-state index contributed by atoms with van der Waals surface area (Å²) in [5.74, 6) is 1.43. The SMILES string of the molecule is CCNC(=NCCNC(C)=O)NC1CN(C(C)C)CC1C.